The number of nitrogens with zero attached hydrogens (tertiary/aromatic N) is 1. The summed E-state index contributed by atoms with van der Waals surface area (Å²) in [7, 11) is 0. The molecule has 1 rings (SSSR count). The van der Waals surface area contributed by atoms with E-state index in [0.717, 1.165) is 5.56 Å². The van der Waals surface area contributed by atoms with Crippen LogP contribution in [-0.2, 0) is 4.79 Å². The molecule has 2 N–H and O–H groups in total. The Bertz CT molecular complexity index is 486. The topological polar surface area (TPSA) is 69.6 Å². The third-order valence-electron chi connectivity index (χ3n) is 3.69. The molecule has 0 aliphatic rings. The van der Waals surface area contributed by atoms with Crippen molar-refractivity contribution in [2.45, 2.75) is 39.2 Å². The standard InChI is InChI=1S/C16H24N2O3/c1-5-18(16(3,4)14(19)20)15(21)17-11-12(2)13-9-7-6-8-10-13/h6-10,12H,5,11H2,1-4H3,(H,17,21)(H,19,20). The number of rotatable bonds is 6. The molecule has 2 amide bonds. The average Bonchev–Trinajstić information content (AvgIpc) is 2.46. The minimum absolute atomic E-state index is 0.168. The molecule has 0 saturated carbocycles. The van der Waals surface area contributed by atoms with Crippen LogP contribution in [0.5, 0.6) is 0 Å². The van der Waals surface area contributed by atoms with Gasteiger partial charge in [-0.3, -0.25) is 0 Å². The van der Waals surface area contributed by atoms with E-state index in [4.69, 9.17) is 0 Å². The lowest BCUT2D eigenvalue weighted by Crippen LogP contribution is -2.56. The van der Waals surface area contributed by atoms with E-state index in [-0.39, 0.29) is 11.9 Å². The molecule has 0 aliphatic carbocycles. The maximum atomic E-state index is 12.2. The molecule has 1 atom stereocenters. The molecule has 1 unspecified atom stereocenters. The van der Waals surface area contributed by atoms with Crippen molar-refractivity contribution >= 4 is 12.0 Å². The lowest BCUT2D eigenvalue weighted by molar-refractivity contribution is -0.147. The molecular weight excluding hydrogens is 268 g/mol. The van der Waals surface area contributed by atoms with Crippen LogP contribution in [0.4, 0.5) is 4.79 Å². The smallest absolute Gasteiger partial charge is 0.329 e. The van der Waals surface area contributed by atoms with Crippen molar-refractivity contribution in [1.29, 1.82) is 0 Å². The highest BCUT2D eigenvalue weighted by molar-refractivity contribution is 5.85. The van der Waals surface area contributed by atoms with Gasteiger partial charge in [-0.1, -0.05) is 37.3 Å². The molecule has 0 saturated heterocycles. The number of aliphatic carboxylic acids is 1. The molecule has 0 bridgehead atoms. The predicted molar refractivity (Wildman–Crippen MR) is 82.4 cm³/mol. The Morgan fingerprint density at radius 3 is 2.33 bits per heavy atom. The van der Waals surface area contributed by atoms with Gasteiger partial charge < -0.3 is 15.3 Å². The van der Waals surface area contributed by atoms with Gasteiger partial charge in [0.2, 0.25) is 0 Å². The molecule has 0 fully saturated rings. The molecule has 1 aromatic carbocycles. The summed E-state index contributed by atoms with van der Waals surface area (Å²) in [5.74, 6) is -0.850. The first-order chi connectivity index (χ1) is 9.80. The Hall–Kier alpha value is -2.04. The minimum atomic E-state index is -1.23. The van der Waals surface area contributed by atoms with Gasteiger partial charge in [0.05, 0.1) is 0 Å². The molecule has 21 heavy (non-hydrogen) atoms. The first-order valence-corrected chi connectivity index (χ1v) is 7.14. The van der Waals surface area contributed by atoms with E-state index in [0.29, 0.717) is 13.1 Å². The second-order valence-corrected chi connectivity index (χ2v) is 5.61. The predicted octanol–water partition coefficient (Wildman–Crippen LogP) is 2.68. The van der Waals surface area contributed by atoms with Crippen LogP contribution in [0.1, 0.15) is 39.2 Å². The summed E-state index contributed by atoms with van der Waals surface area (Å²) in [6.07, 6.45) is 0. The van der Waals surface area contributed by atoms with E-state index in [9.17, 15) is 14.7 Å². The number of likely N-dealkylation sites (N-methyl/N-ethyl adjacent to an activating group) is 1. The normalized spacial score (nSPS) is 12.6. The van der Waals surface area contributed by atoms with Gasteiger partial charge in [0.25, 0.3) is 0 Å². The maximum absolute atomic E-state index is 12.2. The Labute approximate surface area is 126 Å². The quantitative estimate of drug-likeness (QED) is 0.847. The van der Waals surface area contributed by atoms with Gasteiger partial charge >= 0.3 is 12.0 Å². The summed E-state index contributed by atoms with van der Waals surface area (Å²) in [6.45, 7) is 7.65. The van der Waals surface area contributed by atoms with Crippen molar-refractivity contribution in [3.63, 3.8) is 0 Å². The van der Waals surface area contributed by atoms with Gasteiger partial charge in [0, 0.05) is 13.1 Å². The van der Waals surface area contributed by atoms with Gasteiger partial charge in [0.1, 0.15) is 5.54 Å². The largest absolute Gasteiger partial charge is 0.480 e. The number of amides is 2. The molecule has 0 radical (unpaired) electrons. The van der Waals surface area contributed by atoms with Crippen molar-refractivity contribution in [2.24, 2.45) is 0 Å². The molecule has 116 valence electrons. The molecule has 1 aromatic rings. The molecule has 5 heteroatoms. The summed E-state index contributed by atoms with van der Waals surface area (Å²) in [6, 6.07) is 9.53. The van der Waals surface area contributed by atoms with Crippen LogP contribution in [-0.4, -0.2) is 40.6 Å². The first-order valence-electron chi connectivity index (χ1n) is 7.14. The zero-order chi connectivity index (χ0) is 16.0. The van der Waals surface area contributed by atoms with Crippen LogP contribution < -0.4 is 5.32 Å². The summed E-state index contributed by atoms with van der Waals surface area (Å²) in [5.41, 5.74) is -0.0900. The number of urea groups is 1. The molecular formula is C16H24N2O3. The summed E-state index contributed by atoms with van der Waals surface area (Å²) >= 11 is 0. The lowest BCUT2D eigenvalue weighted by atomic mass is 10.0. The molecule has 0 spiro atoms. The number of carbonyl (C=O) groups excluding carboxylic acids is 1. The number of carboxylic acids is 1. The van der Waals surface area contributed by atoms with Crippen molar-refractivity contribution < 1.29 is 14.7 Å². The van der Waals surface area contributed by atoms with E-state index < -0.39 is 11.5 Å². The minimum Gasteiger partial charge on any atom is -0.480 e. The Morgan fingerprint density at radius 1 is 1.29 bits per heavy atom. The maximum Gasteiger partial charge on any atom is 0.329 e. The fourth-order valence-electron chi connectivity index (χ4n) is 2.14. The number of benzene rings is 1. The highest BCUT2D eigenvalue weighted by atomic mass is 16.4. The van der Waals surface area contributed by atoms with Gasteiger partial charge in [-0.15, -0.1) is 0 Å². The summed E-state index contributed by atoms with van der Waals surface area (Å²) in [5, 5.41) is 12.0. The number of nitrogens with one attached hydrogen (secondary N) is 1. The zero-order valence-electron chi connectivity index (χ0n) is 13.1. The van der Waals surface area contributed by atoms with E-state index in [2.05, 4.69) is 5.32 Å². The van der Waals surface area contributed by atoms with Gasteiger partial charge in [-0.05, 0) is 32.3 Å². The second kappa shape index (κ2) is 7.11. The molecule has 0 heterocycles. The molecule has 0 aliphatic heterocycles. The van der Waals surface area contributed by atoms with Crippen LogP contribution in [0.2, 0.25) is 0 Å². The SMILES string of the molecule is CCN(C(=O)NCC(C)c1ccccc1)C(C)(C)C(=O)O. The number of carboxylic acid groups (broad SMARTS) is 1. The van der Waals surface area contributed by atoms with Crippen molar-refractivity contribution in [2.75, 3.05) is 13.1 Å². The zero-order valence-corrected chi connectivity index (χ0v) is 13.1. The highest BCUT2D eigenvalue weighted by Crippen LogP contribution is 2.16. The Kier molecular flexibility index (Phi) is 5.76. The van der Waals surface area contributed by atoms with Gasteiger partial charge in [-0.25, -0.2) is 9.59 Å². The average molecular weight is 292 g/mol. The fourth-order valence-corrected chi connectivity index (χ4v) is 2.14. The van der Waals surface area contributed by atoms with Crippen molar-refractivity contribution in [3.05, 3.63) is 35.9 Å². The monoisotopic (exact) mass is 292 g/mol. The van der Waals surface area contributed by atoms with Crippen LogP contribution in [0.15, 0.2) is 30.3 Å². The van der Waals surface area contributed by atoms with Crippen LogP contribution in [0.25, 0.3) is 0 Å². The highest BCUT2D eigenvalue weighted by Gasteiger charge is 2.36. The molecule has 5 nitrogen and oxygen atoms in total. The Morgan fingerprint density at radius 2 is 1.86 bits per heavy atom. The Balaban J connectivity index is 2.66. The van der Waals surface area contributed by atoms with Crippen molar-refractivity contribution in [3.8, 4) is 0 Å². The second-order valence-electron chi connectivity index (χ2n) is 5.61. The lowest BCUT2D eigenvalue weighted by Gasteiger charge is -2.34. The third kappa shape index (κ3) is 4.21. The first kappa shape index (κ1) is 17.0. The van der Waals surface area contributed by atoms with Crippen LogP contribution in [0, 0.1) is 0 Å². The number of hydrogen-bond donors (Lipinski definition) is 2. The van der Waals surface area contributed by atoms with Crippen LogP contribution in [0.3, 0.4) is 0 Å². The van der Waals surface area contributed by atoms with E-state index in [1.807, 2.05) is 37.3 Å². The number of carbonyl (C=O) groups is 2. The number of hydrogen-bond acceptors (Lipinski definition) is 2. The van der Waals surface area contributed by atoms with Crippen molar-refractivity contribution in [1.82, 2.24) is 10.2 Å². The third-order valence-corrected chi connectivity index (χ3v) is 3.69. The fraction of sp³-hybridized carbons (Fsp3) is 0.500. The summed E-state index contributed by atoms with van der Waals surface area (Å²) < 4.78 is 0. The summed E-state index contributed by atoms with van der Waals surface area (Å²) in [4.78, 5) is 24.8. The van der Waals surface area contributed by atoms with Crippen LogP contribution >= 0.6 is 0 Å². The molecule has 0 aromatic heterocycles. The van der Waals surface area contributed by atoms with Gasteiger partial charge in [0.15, 0.2) is 0 Å². The van der Waals surface area contributed by atoms with E-state index in [1.54, 1.807) is 6.92 Å². The van der Waals surface area contributed by atoms with E-state index >= 15 is 0 Å². The van der Waals surface area contributed by atoms with E-state index in [1.165, 1.54) is 18.7 Å². The van der Waals surface area contributed by atoms with Gasteiger partial charge in [-0.2, -0.15) is 0 Å².